The molecule has 0 fully saturated rings. The van der Waals surface area contributed by atoms with Gasteiger partial charge in [-0.3, -0.25) is 4.79 Å². The van der Waals surface area contributed by atoms with Crippen molar-refractivity contribution in [1.29, 1.82) is 0 Å². The van der Waals surface area contributed by atoms with Crippen molar-refractivity contribution in [2.45, 2.75) is 19.4 Å². The second-order valence-corrected chi connectivity index (χ2v) is 4.90. The highest BCUT2D eigenvalue weighted by Gasteiger charge is 2.15. The maximum atomic E-state index is 12.1. The van der Waals surface area contributed by atoms with Crippen LogP contribution in [-0.2, 0) is 4.74 Å². The molecule has 0 heterocycles. The second-order valence-electron chi connectivity index (χ2n) is 4.05. The average molecular weight is 316 g/mol. The molecular formula is C13H18BrNO3. The number of hydrogen-bond acceptors (Lipinski definition) is 3. The third-order valence-electron chi connectivity index (χ3n) is 2.69. The molecule has 4 nitrogen and oxygen atoms in total. The number of ether oxygens (including phenoxy) is 1. The Hall–Kier alpha value is -0.910. The summed E-state index contributed by atoms with van der Waals surface area (Å²) >= 11 is 3.40. The van der Waals surface area contributed by atoms with E-state index in [2.05, 4.69) is 21.2 Å². The van der Waals surface area contributed by atoms with Gasteiger partial charge in [0.25, 0.3) is 5.91 Å². The van der Waals surface area contributed by atoms with Gasteiger partial charge in [0.15, 0.2) is 0 Å². The highest BCUT2D eigenvalue weighted by Crippen LogP contribution is 2.19. The van der Waals surface area contributed by atoms with Crippen LogP contribution < -0.4 is 5.32 Å². The first-order chi connectivity index (χ1) is 8.60. The molecule has 0 bridgehead atoms. The minimum atomic E-state index is -0.175. The number of carbonyl (C=O) groups is 1. The Morgan fingerprint density at radius 1 is 1.56 bits per heavy atom. The third-order valence-corrected chi connectivity index (χ3v) is 3.55. The number of amides is 1. The number of benzene rings is 1. The summed E-state index contributed by atoms with van der Waals surface area (Å²) in [5.74, 6) is -0.149. The number of hydrogen-bond donors (Lipinski definition) is 2. The quantitative estimate of drug-likeness (QED) is 0.842. The number of carbonyl (C=O) groups excluding carboxylic acids is 1. The van der Waals surface area contributed by atoms with Crippen LogP contribution in [0.15, 0.2) is 22.7 Å². The predicted octanol–water partition coefficient (Wildman–Crippen LogP) is 1.88. The smallest absolute Gasteiger partial charge is 0.251 e. The third kappa shape index (κ3) is 4.08. The van der Waals surface area contributed by atoms with Crippen molar-refractivity contribution >= 4 is 21.8 Å². The van der Waals surface area contributed by atoms with Crippen molar-refractivity contribution in [3.8, 4) is 0 Å². The van der Waals surface area contributed by atoms with Gasteiger partial charge in [0.1, 0.15) is 0 Å². The largest absolute Gasteiger partial charge is 0.396 e. The molecule has 0 saturated heterocycles. The summed E-state index contributed by atoms with van der Waals surface area (Å²) in [5, 5.41) is 11.8. The van der Waals surface area contributed by atoms with Crippen molar-refractivity contribution in [3.05, 3.63) is 33.8 Å². The molecule has 1 unspecified atom stereocenters. The van der Waals surface area contributed by atoms with Crippen LogP contribution in [0.1, 0.15) is 22.3 Å². The lowest BCUT2D eigenvalue weighted by molar-refractivity contribution is 0.0878. The molecule has 0 aromatic heterocycles. The zero-order valence-corrected chi connectivity index (χ0v) is 12.2. The van der Waals surface area contributed by atoms with Gasteiger partial charge in [0.2, 0.25) is 0 Å². The molecule has 0 aliphatic rings. The highest BCUT2D eigenvalue weighted by molar-refractivity contribution is 9.10. The van der Waals surface area contributed by atoms with E-state index >= 15 is 0 Å². The Morgan fingerprint density at radius 3 is 2.89 bits per heavy atom. The van der Waals surface area contributed by atoms with Crippen LogP contribution in [-0.4, -0.2) is 37.4 Å². The first-order valence-electron chi connectivity index (χ1n) is 5.76. The predicted molar refractivity (Wildman–Crippen MR) is 73.7 cm³/mol. The van der Waals surface area contributed by atoms with Gasteiger partial charge in [-0.25, -0.2) is 0 Å². The van der Waals surface area contributed by atoms with E-state index in [1.54, 1.807) is 13.2 Å². The van der Waals surface area contributed by atoms with Crippen LogP contribution in [0, 0.1) is 6.92 Å². The van der Waals surface area contributed by atoms with Gasteiger partial charge in [-0.2, -0.15) is 0 Å². The molecule has 2 N–H and O–H groups in total. The fraction of sp³-hybridized carbons (Fsp3) is 0.462. The van der Waals surface area contributed by atoms with E-state index in [0.717, 1.165) is 10.0 Å². The molecule has 1 rings (SSSR count). The standard InChI is InChI=1S/C13H18BrNO3/c1-9-11(4-3-5-12(9)14)13(17)15-10(6-7-16)8-18-2/h3-5,10,16H,6-8H2,1-2H3,(H,15,17). The number of nitrogens with one attached hydrogen (secondary N) is 1. The lowest BCUT2D eigenvalue weighted by Crippen LogP contribution is -2.39. The van der Waals surface area contributed by atoms with Gasteiger partial charge in [0.05, 0.1) is 12.6 Å². The number of aliphatic hydroxyl groups is 1. The normalized spacial score (nSPS) is 12.2. The SMILES string of the molecule is COCC(CCO)NC(=O)c1cccc(Br)c1C. The molecule has 1 atom stereocenters. The molecule has 1 aromatic rings. The Labute approximate surface area is 115 Å². The molecule has 18 heavy (non-hydrogen) atoms. The maximum Gasteiger partial charge on any atom is 0.251 e. The highest BCUT2D eigenvalue weighted by atomic mass is 79.9. The molecule has 100 valence electrons. The van der Waals surface area contributed by atoms with Crippen molar-refractivity contribution in [2.24, 2.45) is 0 Å². The average Bonchev–Trinajstić information content (AvgIpc) is 2.33. The summed E-state index contributed by atoms with van der Waals surface area (Å²) in [6.45, 7) is 2.29. The summed E-state index contributed by atoms with van der Waals surface area (Å²) in [6.07, 6.45) is 0.479. The van der Waals surface area contributed by atoms with Crippen molar-refractivity contribution in [3.63, 3.8) is 0 Å². The van der Waals surface area contributed by atoms with Gasteiger partial charge in [-0.1, -0.05) is 22.0 Å². The molecular weight excluding hydrogens is 298 g/mol. The molecule has 5 heteroatoms. The fourth-order valence-electron chi connectivity index (χ4n) is 1.67. The van der Waals surface area contributed by atoms with Gasteiger partial charge >= 0.3 is 0 Å². The summed E-state index contributed by atoms with van der Waals surface area (Å²) in [4.78, 5) is 12.1. The molecule has 0 radical (unpaired) electrons. The first kappa shape index (κ1) is 15.1. The van der Waals surface area contributed by atoms with Crippen LogP contribution in [0.2, 0.25) is 0 Å². The Kier molecular flexibility index (Phi) is 6.32. The lowest BCUT2D eigenvalue weighted by atomic mass is 10.1. The Balaban J connectivity index is 2.77. The van der Waals surface area contributed by atoms with Gasteiger partial charge < -0.3 is 15.2 Å². The van der Waals surface area contributed by atoms with Gasteiger partial charge in [-0.05, 0) is 31.0 Å². The number of methoxy groups -OCH3 is 1. The van der Waals surface area contributed by atoms with E-state index in [4.69, 9.17) is 9.84 Å². The fourth-order valence-corrected chi connectivity index (χ4v) is 2.04. The summed E-state index contributed by atoms with van der Waals surface area (Å²) < 4.78 is 5.92. The summed E-state index contributed by atoms with van der Waals surface area (Å²) in [5.41, 5.74) is 1.53. The Morgan fingerprint density at radius 2 is 2.28 bits per heavy atom. The minimum absolute atomic E-state index is 0.0196. The van der Waals surface area contributed by atoms with Gasteiger partial charge in [-0.15, -0.1) is 0 Å². The molecule has 0 spiro atoms. The number of halogens is 1. The topological polar surface area (TPSA) is 58.6 Å². The van der Waals surface area contributed by atoms with Crippen molar-refractivity contribution in [1.82, 2.24) is 5.32 Å². The van der Waals surface area contributed by atoms with E-state index < -0.39 is 0 Å². The molecule has 0 aliphatic carbocycles. The maximum absolute atomic E-state index is 12.1. The molecule has 1 aromatic carbocycles. The monoisotopic (exact) mass is 315 g/mol. The van der Waals surface area contributed by atoms with Crippen molar-refractivity contribution < 1.29 is 14.6 Å². The zero-order valence-electron chi connectivity index (χ0n) is 10.6. The van der Waals surface area contributed by atoms with Crippen LogP contribution in [0.4, 0.5) is 0 Å². The molecule has 0 saturated carbocycles. The van der Waals surface area contributed by atoms with Crippen molar-refractivity contribution in [2.75, 3.05) is 20.3 Å². The van der Waals surface area contributed by atoms with E-state index in [-0.39, 0.29) is 18.6 Å². The second kappa shape index (κ2) is 7.51. The minimum Gasteiger partial charge on any atom is -0.396 e. The molecule has 1 amide bonds. The van der Waals surface area contributed by atoms with Gasteiger partial charge in [0, 0.05) is 23.8 Å². The number of rotatable bonds is 6. The van der Waals surface area contributed by atoms with Crippen LogP contribution in [0.3, 0.4) is 0 Å². The van der Waals surface area contributed by atoms with E-state index in [0.29, 0.717) is 18.6 Å². The zero-order chi connectivity index (χ0) is 13.5. The summed E-state index contributed by atoms with van der Waals surface area (Å²) in [7, 11) is 1.57. The van der Waals surface area contributed by atoms with Crippen LogP contribution >= 0.6 is 15.9 Å². The van der Waals surface area contributed by atoms with E-state index in [1.807, 2.05) is 19.1 Å². The summed E-state index contributed by atoms with van der Waals surface area (Å²) in [6, 6.07) is 5.32. The van der Waals surface area contributed by atoms with E-state index in [9.17, 15) is 4.79 Å². The lowest BCUT2D eigenvalue weighted by Gasteiger charge is -2.17. The molecule has 0 aliphatic heterocycles. The number of aliphatic hydroxyl groups excluding tert-OH is 1. The van der Waals surface area contributed by atoms with E-state index in [1.165, 1.54) is 0 Å². The van der Waals surface area contributed by atoms with Crippen LogP contribution in [0.5, 0.6) is 0 Å². The van der Waals surface area contributed by atoms with Crippen LogP contribution in [0.25, 0.3) is 0 Å². The Bertz CT molecular complexity index is 403. The first-order valence-corrected chi connectivity index (χ1v) is 6.55.